The molecule has 0 aliphatic carbocycles. The Kier molecular flexibility index (Phi) is 49.9. The first kappa shape index (κ1) is 68.5. The molecule has 0 rings (SSSR count). The lowest BCUT2D eigenvalue weighted by molar-refractivity contribution is -0.870. The zero-order chi connectivity index (χ0) is 51.5. The molecule has 0 aromatic rings. The third-order valence-corrected chi connectivity index (χ3v) is 14.6. The van der Waals surface area contributed by atoms with Gasteiger partial charge in [0.15, 0.2) is 0 Å². The second-order valence-corrected chi connectivity index (χ2v) is 23.3. The molecule has 3 atom stereocenters. The van der Waals surface area contributed by atoms with E-state index in [9.17, 15) is 19.0 Å². The Labute approximate surface area is 434 Å². The summed E-state index contributed by atoms with van der Waals surface area (Å²) in [5, 5.41) is 3.03. The van der Waals surface area contributed by atoms with Crippen LogP contribution >= 0.6 is 7.82 Å². The largest absolute Gasteiger partial charge is 0.756 e. The summed E-state index contributed by atoms with van der Waals surface area (Å²) < 4.78 is 30.3. The van der Waals surface area contributed by atoms with Crippen LogP contribution < -0.4 is 10.2 Å². The number of phosphoric ester groups is 1. The standard InChI is InChI=1S/C60H117N2O7P/c1-7-10-13-16-19-22-25-28-30-31-32-34-37-40-43-46-49-52-59(63)61-57(56-68-70(65,66)67-55-54-62(4,5)6)58(51-48-45-42-39-36-33-27-24-21-18-15-12-9-3)69-60(64)53-50-47-44-41-38-35-29-26-23-20-17-14-11-8-2/h35,38,48,51,57-58H,7-34,36-37,39-47,49-50,52-56H2,1-6H3,(H-,61,63,65,66)/b38-35-,51-48+. The number of allylic oxidation sites excluding steroid dienone is 3. The Balaban J connectivity index is 5.31. The maximum absolute atomic E-state index is 13.5. The van der Waals surface area contributed by atoms with Gasteiger partial charge >= 0.3 is 5.97 Å². The van der Waals surface area contributed by atoms with Crippen LogP contribution in [0.1, 0.15) is 297 Å². The molecule has 0 fully saturated rings. The second kappa shape index (κ2) is 51.0. The van der Waals surface area contributed by atoms with Crippen LogP contribution in [0.25, 0.3) is 0 Å². The molecule has 0 radical (unpaired) electrons. The van der Waals surface area contributed by atoms with E-state index in [0.717, 1.165) is 64.2 Å². The van der Waals surface area contributed by atoms with Gasteiger partial charge in [-0.25, -0.2) is 0 Å². The van der Waals surface area contributed by atoms with E-state index in [1.807, 2.05) is 33.3 Å². The molecule has 0 heterocycles. The lowest BCUT2D eigenvalue weighted by atomic mass is 10.0. The fraction of sp³-hybridized carbons (Fsp3) is 0.900. The molecule has 0 saturated carbocycles. The highest BCUT2D eigenvalue weighted by atomic mass is 31.2. The Bertz CT molecular complexity index is 1250. The molecule has 0 aliphatic rings. The van der Waals surface area contributed by atoms with E-state index in [4.69, 9.17) is 13.8 Å². The van der Waals surface area contributed by atoms with Crippen LogP contribution in [0.2, 0.25) is 0 Å². The summed E-state index contributed by atoms with van der Waals surface area (Å²) >= 11 is 0. The molecule has 0 aromatic heterocycles. The van der Waals surface area contributed by atoms with Gasteiger partial charge in [-0.3, -0.25) is 14.2 Å². The first-order chi connectivity index (χ1) is 33.9. The molecule has 414 valence electrons. The monoisotopic (exact) mass is 1010 g/mol. The van der Waals surface area contributed by atoms with Gasteiger partial charge < -0.3 is 28.5 Å². The van der Waals surface area contributed by atoms with E-state index in [1.54, 1.807) is 0 Å². The van der Waals surface area contributed by atoms with Crippen molar-refractivity contribution in [2.75, 3.05) is 40.9 Å². The van der Waals surface area contributed by atoms with Gasteiger partial charge in [0.1, 0.15) is 19.3 Å². The van der Waals surface area contributed by atoms with Gasteiger partial charge in [-0.1, -0.05) is 251 Å². The van der Waals surface area contributed by atoms with Gasteiger partial charge in [0, 0.05) is 12.8 Å². The van der Waals surface area contributed by atoms with Gasteiger partial charge in [-0.15, -0.1) is 0 Å². The van der Waals surface area contributed by atoms with Crippen molar-refractivity contribution in [2.45, 2.75) is 309 Å². The molecule has 0 saturated heterocycles. The molecule has 1 amide bonds. The number of nitrogens with one attached hydrogen (secondary N) is 1. The Morgan fingerprint density at radius 1 is 0.486 bits per heavy atom. The van der Waals surface area contributed by atoms with Crippen LogP contribution in [0.4, 0.5) is 0 Å². The zero-order valence-electron chi connectivity index (χ0n) is 47.2. The highest BCUT2D eigenvalue weighted by molar-refractivity contribution is 7.45. The van der Waals surface area contributed by atoms with Crippen LogP contribution in [-0.4, -0.2) is 69.4 Å². The lowest BCUT2D eigenvalue weighted by Gasteiger charge is -2.30. The number of rotatable bonds is 55. The molecule has 9 nitrogen and oxygen atoms in total. The highest BCUT2D eigenvalue weighted by Crippen LogP contribution is 2.38. The molecular weight excluding hydrogens is 892 g/mol. The SMILES string of the molecule is CCCCCCCCC/C=C\CCCCCC(=O)OC(/C=C/CCCCCCCCCCCCC)C(COP(=O)([O-])OCC[N+](C)(C)C)NC(=O)CCCCCCCCCCCCCCCCCCC. The number of hydrogen-bond acceptors (Lipinski definition) is 7. The number of phosphoric acid groups is 1. The number of carbonyl (C=O) groups is 2. The molecular formula is C60H117N2O7P. The number of quaternary nitrogens is 1. The van der Waals surface area contributed by atoms with Crippen LogP contribution in [0.5, 0.6) is 0 Å². The number of hydrogen-bond donors (Lipinski definition) is 1. The summed E-state index contributed by atoms with van der Waals surface area (Å²) in [5.74, 6) is -0.545. The third kappa shape index (κ3) is 51.4. The summed E-state index contributed by atoms with van der Waals surface area (Å²) in [6.45, 7) is 6.86. The van der Waals surface area contributed by atoms with Crippen LogP contribution in [-0.2, 0) is 27.9 Å². The van der Waals surface area contributed by atoms with Gasteiger partial charge in [-0.05, 0) is 57.4 Å². The summed E-state index contributed by atoms with van der Waals surface area (Å²) in [5.41, 5.74) is 0. The van der Waals surface area contributed by atoms with E-state index in [0.29, 0.717) is 23.9 Å². The van der Waals surface area contributed by atoms with Crippen LogP contribution in [0.3, 0.4) is 0 Å². The predicted molar refractivity (Wildman–Crippen MR) is 298 cm³/mol. The second-order valence-electron chi connectivity index (χ2n) is 21.9. The minimum Gasteiger partial charge on any atom is -0.756 e. The van der Waals surface area contributed by atoms with E-state index >= 15 is 0 Å². The Morgan fingerprint density at radius 2 is 0.829 bits per heavy atom. The van der Waals surface area contributed by atoms with Crippen molar-refractivity contribution in [1.82, 2.24) is 5.32 Å². The molecule has 0 bridgehead atoms. The Hall–Kier alpha value is -1.51. The number of likely N-dealkylation sites (N-methyl/N-ethyl adjacent to an activating group) is 1. The number of unbranched alkanes of at least 4 members (excludes halogenated alkanes) is 37. The van der Waals surface area contributed by atoms with Gasteiger partial charge in [0.05, 0.1) is 33.8 Å². The van der Waals surface area contributed by atoms with Crippen molar-refractivity contribution < 1.29 is 37.3 Å². The summed E-state index contributed by atoms with van der Waals surface area (Å²) in [4.78, 5) is 39.9. The van der Waals surface area contributed by atoms with Crippen molar-refractivity contribution >= 4 is 19.7 Å². The fourth-order valence-corrected chi connectivity index (χ4v) is 9.65. The maximum atomic E-state index is 13.5. The summed E-state index contributed by atoms with van der Waals surface area (Å²) in [6.07, 6.45) is 58.5. The smallest absolute Gasteiger partial charge is 0.306 e. The van der Waals surface area contributed by atoms with Crippen LogP contribution in [0, 0.1) is 0 Å². The zero-order valence-corrected chi connectivity index (χ0v) is 48.1. The molecule has 0 aliphatic heterocycles. The van der Waals surface area contributed by atoms with Gasteiger partial charge in [0.2, 0.25) is 5.91 Å². The third-order valence-electron chi connectivity index (χ3n) is 13.6. The van der Waals surface area contributed by atoms with E-state index < -0.39 is 20.0 Å². The van der Waals surface area contributed by atoms with E-state index in [2.05, 4.69) is 38.2 Å². The first-order valence-electron chi connectivity index (χ1n) is 30.1. The molecule has 70 heavy (non-hydrogen) atoms. The van der Waals surface area contributed by atoms with Crippen molar-refractivity contribution in [3.63, 3.8) is 0 Å². The maximum Gasteiger partial charge on any atom is 0.306 e. The average Bonchev–Trinajstić information content (AvgIpc) is 3.32. The minimum atomic E-state index is -4.69. The summed E-state index contributed by atoms with van der Waals surface area (Å²) in [7, 11) is 1.19. The quantitative estimate of drug-likeness (QED) is 0.0212. The van der Waals surface area contributed by atoms with Gasteiger partial charge in [-0.2, -0.15) is 0 Å². The summed E-state index contributed by atoms with van der Waals surface area (Å²) in [6, 6.07) is -0.887. The fourth-order valence-electron chi connectivity index (χ4n) is 8.93. The predicted octanol–water partition coefficient (Wildman–Crippen LogP) is 17.5. The van der Waals surface area contributed by atoms with Crippen LogP contribution in [0.15, 0.2) is 24.3 Å². The molecule has 1 N–H and O–H groups in total. The molecule has 10 heteroatoms. The van der Waals surface area contributed by atoms with Crippen molar-refractivity contribution in [3.05, 3.63) is 24.3 Å². The number of nitrogens with zero attached hydrogens (tertiary/aromatic N) is 1. The van der Waals surface area contributed by atoms with E-state index in [1.165, 1.54) is 193 Å². The van der Waals surface area contributed by atoms with Crippen molar-refractivity contribution in [2.24, 2.45) is 0 Å². The molecule has 3 unspecified atom stereocenters. The van der Waals surface area contributed by atoms with Crippen molar-refractivity contribution in [1.29, 1.82) is 0 Å². The topological polar surface area (TPSA) is 114 Å². The molecule has 0 spiro atoms. The lowest BCUT2D eigenvalue weighted by Crippen LogP contribution is -2.47. The number of ether oxygens (including phenoxy) is 1. The first-order valence-corrected chi connectivity index (χ1v) is 31.6. The molecule has 0 aromatic carbocycles. The average molecular weight is 1010 g/mol. The highest BCUT2D eigenvalue weighted by Gasteiger charge is 2.27. The normalized spacial score (nSPS) is 13.9. The Morgan fingerprint density at radius 3 is 1.23 bits per heavy atom. The number of esters is 1. The number of amides is 1. The minimum absolute atomic E-state index is 0.0210. The van der Waals surface area contributed by atoms with Crippen molar-refractivity contribution in [3.8, 4) is 0 Å². The van der Waals surface area contributed by atoms with Gasteiger partial charge in [0.25, 0.3) is 7.82 Å². The number of carbonyl (C=O) groups excluding carboxylic acids is 2. The van der Waals surface area contributed by atoms with E-state index in [-0.39, 0.29) is 31.5 Å².